The van der Waals surface area contributed by atoms with Crippen molar-refractivity contribution in [2.45, 2.75) is 32.9 Å². The molecule has 0 unspecified atom stereocenters. The van der Waals surface area contributed by atoms with E-state index in [1.165, 1.54) is 33.8 Å². The zero-order valence-corrected chi connectivity index (χ0v) is 23.7. The van der Waals surface area contributed by atoms with Crippen molar-refractivity contribution < 1.29 is 28.6 Å². The van der Waals surface area contributed by atoms with Crippen LogP contribution >= 0.6 is 0 Å². The number of rotatable bonds is 7. The maximum Gasteiger partial charge on any atom is 0.321 e. The van der Waals surface area contributed by atoms with Crippen LogP contribution in [0.15, 0.2) is 48.5 Å². The van der Waals surface area contributed by atoms with Crippen molar-refractivity contribution in [2.24, 2.45) is 13.0 Å². The normalized spacial score (nSPS) is 17.5. The highest BCUT2D eigenvalue weighted by Crippen LogP contribution is 2.35. The number of urea groups is 1. The number of likely N-dealkylation sites (N-methyl/N-ethyl adjacent to an activating group) is 1. The number of anilines is 2. The lowest BCUT2D eigenvalue weighted by atomic mass is 9.99. The Morgan fingerprint density at radius 3 is 2.56 bits per heavy atom. The van der Waals surface area contributed by atoms with Gasteiger partial charge in [0.25, 0.3) is 11.8 Å². The Kier molecular flexibility index (Phi) is 8.92. The number of carbonyl (C=O) groups is 3. The van der Waals surface area contributed by atoms with E-state index >= 15 is 0 Å². The van der Waals surface area contributed by atoms with Gasteiger partial charge in [0.2, 0.25) is 0 Å². The summed E-state index contributed by atoms with van der Waals surface area (Å²) in [6.45, 7) is 5.58. The molecule has 0 aliphatic carbocycles. The van der Waals surface area contributed by atoms with Crippen LogP contribution in [0.2, 0.25) is 0 Å². The quantitative estimate of drug-likeness (QED) is 0.402. The molecule has 1 aliphatic rings. The number of benzene rings is 2. The third-order valence-corrected chi connectivity index (χ3v) is 7.07. The van der Waals surface area contributed by atoms with Crippen LogP contribution in [-0.2, 0) is 7.05 Å². The summed E-state index contributed by atoms with van der Waals surface area (Å²) in [5, 5.41) is 19.7. The highest BCUT2D eigenvalue weighted by Gasteiger charge is 2.35. The number of aliphatic hydroxyl groups is 1. The molecule has 218 valence electrons. The molecule has 3 atom stereocenters. The average molecular weight is 567 g/mol. The molecule has 2 aromatic carbocycles. The summed E-state index contributed by atoms with van der Waals surface area (Å²) in [6.07, 6.45) is -0.601. The first-order chi connectivity index (χ1) is 19.5. The summed E-state index contributed by atoms with van der Waals surface area (Å²) in [6, 6.07) is 11.1. The van der Waals surface area contributed by atoms with E-state index in [0.29, 0.717) is 17.1 Å². The standard InChI is InChI=1S/C29H35FN6O5/c1-17-14-36(19(3)16-37)28(39)22-7-6-8-23(32-27(38)24-13-18(2)33-35(24)5)26(22)41-25(17)15-34(4)29(40)31-21-11-9-20(30)10-12-21/h6-13,17,19,25,37H,14-16H2,1-5H3,(H,31,40)(H,32,38)/t17-,19-,25+/m0/s1. The van der Waals surface area contributed by atoms with Gasteiger partial charge >= 0.3 is 6.03 Å². The Labute approximate surface area is 237 Å². The molecule has 1 aliphatic heterocycles. The van der Waals surface area contributed by atoms with Gasteiger partial charge in [-0.1, -0.05) is 13.0 Å². The Morgan fingerprint density at radius 2 is 1.93 bits per heavy atom. The third kappa shape index (κ3) is 6.65. The van der Waals surface area contributed by atoms with Gasteiger partial charge in [-0.15, -0.1) is 0 Å². The summed E-state index contributed by atoms with van der Waals surface area (Å²) in [5.41, 5.74) is 1.95. The second-order valence-electron chi connectivity index (χ2n) is 10.4. The fraction of sp³-hybridized carbons (Fsp3) is 0.379. The lowest BCUT2D eigenvalue weighted by molar-refractivity contribution is 0.0372. The maximum absolute atomic E-state index is 13.7. The van der Waals surface area contributed by atoms with Crippen molar-refractivity contribution in [1.82, 2.24) is 19.6 Å². The van der Waals surface area contributed by atoms with Gasteiger partial charge in [-0.25, -0.2) is 9.18 Å². The van der Waals surface area contributed by atoms with Crippen LogP contribution in [0.1, 0.15) is 40.4 Å². The Bertz CT molecular complexity index is 1430. The van der Waals surface area contributed by atoms with E-state index in [-0.39, 0.29) is 48.5 Å². The number of amides is 4. The fourth-order valence-electron chi connectivity index (χ4n) is 4.67. The van der Waals surface area contributed by atoms with Crippen LogP contribution < -0.4 is 15.4 Å². The zero-order chi connectivity index (χ0) is 29.8. The molecule has 11 nitrogen and oxygen atoms in total. The number of aromatic nitrogens is 2. The summed E-state index contributed by atoms with van der Waals surface area (Å²) >= 11 is 0. The number of para-hydroxylation sites is 1. The van der Waals surface area contributed by atoms with Crippen LogP contribution in [0.3, 0.4) is 0 Å². The number of aliphatic hydroxyl groups excluding tert-OH is 1. The van der Waals surface area contributed by atoms with E-state index in [2.05, 4.69) is 15.7 Å². The van der Waals surface area contributed by atoms with Crippen molar-refractivity contribution >= 4 is 29.2 Å². The van der Waals surface area contributed by atoms with E-state index in [1.54, 1.807) is 57.1 Å². The van der Waals surface area contributed by atoms with Crippen molar-refractivity contribution in [3.63, 3.8) is 0 Å². The van der Waals surface area contributed by atoms with E-state index in [0.717, 1.165) is 0 Å². The van der Waals surface area contributed by atoms with Crippen LogP contribution in [0.5, 0.6) is 5.75 Å². The molecule has 0 spiro atoms. The largest absolute Gasteiger partial charge is 0.485 e. The van der Waals surface area contributed by atoms with Crippen LogP contribution in [0, 0.1) is 18.7 Å². The number of nitrogens with zero attached hydrogens (tertiary/aromatic N) is 4. The summed E-state index contributed by atoms with van der Waals surface area (Å²) in [7, 11) is 3.27. The Morgan fingerprint density at radius 1 is 1.22 bits per heavy atom. The summed E-state index contributed by atoms with van der Waals surface area (Å²) in [4.78, 5) is 42.8. The number of nitrogens with one attached hydrogen (secondary N) is 2. The maximum atomic E-state index is 13.7. The number of ether oxygens (including phenoxy) is 1. The van der Waals surface area contributed by atoms with Crippen molar-refractivity contribution in [2.75, 3.05) is 37.4 Å². The third-order valence-electron chi connectivity index (χ3n) is 7.07. The number of fused-ring (bicyclic) bond motifs is 1. The van der Waals surface area contributed by atoms with Gasteiger partial charge in [0.15, 0.2) is 5.75 Å². The monoisotopic (exact) mass is 566 g/mol. The van der Waals surface area contributed by atoms with Gasteiger partial charge < -0.3 is 30.3 Å². The number of carbonyl (C=O) groups excluding carboxylic acids is 3. The van der Waals surface area contributed by atoms with Gasteiger partial charge in [-0.3, -0.25) is 14.3 Å². The molecule has 2 heterocycles. The average Bonchev–Trinajstić information content (AvgIpc) is 3.29. The van der Waals surface area contributed by atoms with E-state index in [4.69, 9.17) is 4.74 Å². The van der Waals surface area contributed by atoms with Crippen LogP contribution in [0.4, 0.5) is 20.6 Å². The molecule has 3 aromatic rings. The van der Waals surface area contributed by atoms with Crippen molar-refractivity contribution in [3.8, 4) is 5.75 Å². The van der Waals surface area contributed by atoms with Crippen LogP contribution in [0.25, 0.3) is 0 Å². The second-order valence-corrected chi connectivity index (χ2v) is 10.4. The van der Waals surface area contributed by atoms with Crippen molar-refractivity contribution in [3.05, 3.63) is 71.3 Å². The minimum absolute atomic E-state index is 0.131. The summed E-state index contributed by atoms with van der Waals surface area (Å²) < 4.78 is 21.2. The molecule has 4 amide bonds. The first-order valence-electron chi connectivity index (χ1n) is 13.3. The molecule has 0 radical (unpaired) electrons. The lowest BCUT2D eigenvalue weighted by Gasteiger charge is -2.38. The lowest BCUT2D eigenvalue weighted by Crippen LogP contribution is -2.50. The smallest absolute Gasteiger partial charge is 0.321 e. The molecule has 0 bridgehead atoms. The number of hydrogen-bond acceptors (Lipinski definition) is 6. The van der Waals surface area contributed by atoms with Gasteiger partial charge in [-0.2, -0.15) is 5.10 Å². The Hall–Kier alpha value is -4.45. The molecule has 0 fully saturated rings. The highest BCUT2D eigenvalue weighted by atomic mass is 19.1. The number of hydrogen-bond donors (Lipinski definition) is 3. The number of aryl methyl sites for hydroxylation is 2. The van der Waals surface area contributed by atoms with Gasteiger partial charge in [0.05, 0.1) is 36.1 Å². The van der Waals surface area contributed by atoms with Crippen molar-refractivity contribution in [1.29, 1.82) is 0 Å². The highest BCUT2D eigenvalue weighted by molar-refractivity contribution is 6.06. The first kappa shape index (κ1) is 29.5. The molecule has 1 aromatic heterocycles. The minimum atomic E-state index is -0.601. The SMILES string of the molecule is Cc1cc(C(=O)Nc2cccc3c2O[C@H](CN(C)C(=O)Nc2ccc(F)cc2)[C@@H](C)CN([C@@H](C)CO)C3=O)n(C)n1. The van der Waals surface area contributed by atoms with E-state index in [1.807, 2.05) is 6.92 Å². The minimum Gasteiger partial charge on any atom is -0.485 e. The zero-order valence-electron chi connectivity index (χ0n) is 23.7. The second kappa shape index (κ2) is 12.4. The van der Waals surface area contributed by atoms with E-state index in [9.17, 15) is 23.9 Å². The molecular weight excluding hydrogens is 531 g/mol. The predicted octanol–water partition coefficient (Wildman–Crippen LogP) is 3.50. The molecular formula is C29H35FN6O5. The van der Waals surface area contributed by atoms with Gasteiger partial charge in [0.1, 0.15) is 17.6 Å². The number of halogens is 1. The predicted molar refractivity (Wildman–Crippen MR) is 152 cm³/mol. The van der Waals surface area contributed by atoms with Gasteiger partial charge in [-0.05, 0) is 56.3 Å². The molecule has 3 N–H and O–H groups in total. The van der Waals surface area contributed by atoms with Crippen LogP contribution in [-0.4, -0.2) is 81.4 Å². The van der Waals surface area contributed by atoms with E-state index < -0.39 is 29.9 Å². The molecule has 0 saturated heterocycles. The fourth-order valence-corrected chi connectivity index (χ4v) is 4.67. The molecule has 41 heavy (non-hydrogen) atoms. The molecule has 4 rings (SSSR count). The summed E-state index contributed by atoms with van der Waals surface area (Å²) in [5.74, 6) is -1.29. The Balaban J connectivity index is 1.65. The molecule has 12 heteroatoms. The van der Waals surface area contributed by atoms with Gasteiger partial charge in [0, 0.05) is 32.2 Å². The molecule has 0 saturated carbocycles. The topological polar surface area (TPSA) is 129 Å². The first-order valence-corrected chi connectivity index (χ1v) is 13.3.